The van der Waals surface area contributed by atoms with Crippen LogP contribution < -0.4 is 15.8 Å². The molecule has 0 radical (unpaired) electrons. The molecular formula is C23H29ClF3N3O2. The Bertz CT molecular complexity index is 896. The van der Waals surface area contributed by atoms with Gasteiger partial charge in [-0.25, -0.2) is 0 Å². The lowest BCUT2D eigenvalue weighted by atomic mass is 9.87. The van der Waals surface area contributed by atoms with Crippen molar-refractivity contribution in [2.75, 3.05) is 18.4 Å². The van der Waals surface area contributed by atoms with Gasteiger partial charge in [0, 0.05) is 30.9 Å². The third-order valence-electron chi connectivity index (χ3n) is 5.63. The number of hydrogen-bond donors (Lipinski definition) is 2. The number of nitrogens with two attached hydrogens (primary N) is 1. The Morgan fingerprint density at radius 1 is 1.12 bits per heavy atom. The molecule has 9 heteroatoms. The minimum atomic E-state index is -4.74. The summed E-state index contributed by atoms with van der Waals surface area (Å²) in [5.41, 5.74) is 7.69. The number of anilines is 1. The third kappa shape index (κ3) is 6.85. The smallest absolute Gasteiger partial charge is 0.405 e. The van der Waals surface area contributed by atoms with Gasteiger partial charge in [0.05, 0.1) is 5.54 Å². The van der Waals surface area contributed by atoms with Gasteiger partial charge in [0.15, 0.2) is 0 Å². The molecule has 0 atom stereocenters. The predicted octanol–water partition coefficient (Wildman–Crippen LogP) is 5.06. The van der Waals surface area contributed by atoms with Crippen molar-refractivity contribution in [2.45, 2.75) is 51.1 Å². The average Bonchev–Trinajstić information content (AvgIpc) is 2.70. The van der Waals surface area contributed by atoms with Gasteiger partial charge in [0.2, 0.25) is 5.91 Å². The Labute approximate surface area is 192 Å². The number of rotatable bonds is 6. The standard InChI is InChI=1S/C23H28F3N3O2.ClH/c1-16(2)17-7-9-19(10-8-17)28-21(30)22(27)11-13-29(14-12-22)15-18-5-3-4-6-20(18)31-23(24,25)26;/h3-10,16H,11-15,27H2,1-2H3,(H,28,30);1H. The number of carbonyl (C=O) groups excluding carboxylic acids is 1. The van der Waals surface area contributed by atoms with Crippen molar-refractivity contribution in [1.82, 2.24) is 4.90 Å². The lowest BCUT2D eigenvalue weighted by molar-refractivity contribution is -0.275. The zero-order valence-corrected chi connectivity index (χ0v) is 18.9. The predicted molar refractivity (Wildman–Crippen MR) is 121 cm³/mol. The molecule has 32 heavy (non-hydrogen) atoms. The molecule has 1 saturated heterocycles. The zero-order chi connectivity index (χ0) is 22.6. The molecule has 5 nitrogen and oxygen atoms in total. The van der Waals surface area contributed by atoms with Crippen molar-refractivity contribution in [2.24, 2.45) is 5.73 Å². The normalized spacial score (nSPS) is 16.3. The van der Waals surface area contributed by atoms with Crippen molar-refractivity contribution in [1.29, 1.82) is 0 Å². The molecule has 0 saturated carbocycles. The van der Waals surface area contributed by atoms with Gasteiger partial charge in [-0.2, -0.15) is 0 Å². The van der Waals surface area contributed by atoms with Crippen LogP contribution in [0.1, 0.15) is 43.7 Å². The van der Waals surface area contributed by atoms with E-state index < -0.39 is 11.9 Å². The van der Waals surface area contributed by atoms with Crippen molar-refractivity contribution in [3.8, 4) is 5.75 Å². The van der Waals surface area contributed by atoms with E-state index in [1.165, 1.54) is 17.7 Å². The Kier molecular flexibility index (Phi) is 8.56. The van der Waals surface area contributed by atoms with Gasteiger partial charge in [-0.1, -0.05) is 44.2 Å². The fraction of sp³-hybridized carbons (Fsp3) is 0.435. The lowest BCUT2D eigenvalue weighted by Crippen LogP contribution is -2.57. The summed E-state index contributed by atoms with van der Waals surface area (Å²) in [6.07, 6.45) is -3.92. The summed E-state index contributed by atoms with van der Waals surface area (Å²) in [7, 11) is 0. The minimum absolute atomic E-state index is 0. The number of hydrogen-bond acceptors (Lipinski definition) is 4. The number of carbonyl (C=O) groups is 1. The van der Waals surface area contributed by atoms with Crippen molar-refractivity contribution < 1.29 is 22.7 Å². The first-order valence-corrected chi connectivity index (χ1v) is 10.3. The summed E-state index contributed by atoms with van der Waals surface area (Å²) in [6, 6.07) is 13.8. The van der Waals surface area contributed by atoms with Crippen LogP contribution in [0.3, 0.4) is 0 Å². The molecule has 0 unspecified atom stereocenters. The molecule has 1 heterocycles. The minimum Gasteiger partial charge on any atom is -0.405 e. The number of likely N-dealkylation sites (tertiary alicyclic amines) is 1. The highest BCUT2D eigenvalue weighted by molar-refractivity contribution is 5.98. The molecule has 0 spiro atoms. The highest BCUT2D eigenvalue weighted by Gasteiger charge is 2.38. The molecule has 0 aliphatic carbocycles. The van der Waals surface area contributed by atoms with Gasteiger partial charge >= 0.3 is 6.36 Å². The van der Waals surface area contributed by atoms with E-state index in [0.29, 0.717) is 49.6 Å². The van der Waals surface area contributed by atoms with Gasteiger partial charge in [-0.3, -0.25) is 9.69 Å². The first kappa shape index (κ1) is 26.0. The molecule has 0 aromatic heterocycles. The first-order chi connectivity index (χ1) is 14.6. The van der Waals surface area contributed by atoms with Crippen molar-refractivity contribution >= 4 is 24.0 Å². The number of benzene rings is 2. The van der Waals surface area contributed by atoms with Gasteiger partial charge < -0.3 is 15.8 Å². The summed E-state index contributed by atoms with van der Waals surface area (Å²) < 4.78 is 42.0. The molecular weight excluding hydrogens is 443 g/mol. The molecule has 1 amide bonds. The summed E-state index contributed by atoms with van der Waals surface area (Å²) >= 11 is 0. The molecule has 1 aliphatic rings. The Hall–Kier alpha value is -2.29. The quantitative estimate of drug-likeness (QED) is 0.617. The maximum atomic E-state index is 12.8. The second-order valence-electron chi connectivity index (χ2n) is 8.32. The molecule has 2 aromatic carbocycles. The largest absolute Gasteiger partial charge is 0.573 e. The van der Waals surface area contributed by atoms with Crippen LogP contribution in [-0.4, -0.2) is 35.8 Å². The Morgan fingerprint density at radius 3 is 2.28 bits per heavy atom. The number of para-hydroxylation sites is 1. The van der Waals surface area contributed by atoms with E-state index in [4.69, 9.17) is 5.73 Å². The highest BCUT2D eigenvalue weighted by atomic mass is 35.5. The molecule has 2 aromatic rings. The fourth-order valence-electron chi connectivity index (χ4n) is 3.64. The maximum absolute atomic E-state index is 12.8. The van der Waals surface area contributed by atoms with Gasteiger partial charge in [0.1, 0.15) is 5.75 Å². The number of piperidine rings is 1. The third-order valence-corrected chi connectivity index (χ3v) is 5.63. The van der Waals surface area contributed by atoms with Crippen LogP contribution in [0, 0.1) is 0 Å². The molecule has 1 fully saturated rings. The van der Waals surface area contributed by atoms with E-state index in [2.05, 4.69) is 23.9 Å². The lowest BCUT2D eigenvalue weighted by Gasteiger charge is -2.38. The summed E-state index contributed by atoms with van der Waals surface area (Å²) in [6.45, 7) is 5.49. The fourth-order valence-corrected chi connectivity index (χ4v) is 3.64. The first-order valence-electron chi connectivity index (χ1n) is 10.3. The number of nitrogens with zero attached hydrogens (tertiary/aromatic N) is 1. The van der Waals surface area contributed by atoms with Crippen LogP contribution in [-0.2, 0) is 11.3 Å². The molecule has 1 aliphatic heterocycles. The summed E-state index contributed by atoms with van der Waals surface area (Å²) in [5, 5.41) is 2.89. The highest BCUT2D eigenvalue weighted by Crippen LogP contribution is 2.29. The number of ether oxygens (including phenoxy) is 1. The molecule has 0 bridgehead atoms. The van der Waals surface area contributed by atoms with Crippen LogP contribution in [0.5, 0.6) is 5.75 Å². The SMILES string of the molecule is CC(C)c1ccc(NC(=O)C2(N)CCN(Cc3ccccc3OC(F)(F)F)CC2)cc1.Cl. The second kappa shape index (κ2) is 10.6. The van der Waals surface area contributed by atoms with Crippen LogP contribution >= 0.6 is 12.4 Å². The van der Waals surface area contributed by atoms with E-state index >= 15 is 0 Å². The molecule has 3 N–H and O–H groups in total. The van der Waals surface area contributed by atoms with Crippen LogP contribution in [0.4, 0.5) is 18.9 Å². The molecule has 176 valence electrons. The Balaban J connectivity index is 0.00000363. The van der Waals surface area contributed by atoms with E-state index in [1.54, 1.807) is 12.1 Å². The zero-order valence-electron chi connectivity index (χ0n) is 18.1. The monoisotopic (exact) mass is 471 g/mol. The van der Waals surface area contributed by atoms with E-state index in [9.17, 15) is 18.0 Å². The number of alkyl halides is 3. The van der Waals surface area contributed by atoms with Crippen LogP contribution in [0.2, 0.25) is 0 Å². The summed E-state index contributed by atoms with van der Waals surface area (Å²) in [4.78, 5) is 14.8. The van der Waals surface area contributed by atoms with E-state index in [0.717, 1.165) is 0 Å². The van der Waals surface area contributed by atoms with E-state index in [1.807, 2.05) is 29.2 Å². The van der Waals surface area contributed by atoms with Gasteiger partial charge in [0.25, 0.3) is 0 Å². The van der Waals surface area contributed by atoms with Gasteiger partial charge in [-0.15, -0.1) is 25.6 Å². The topological polar surface area (TPSA) is 67.6 Å². The van der Waals surface area contributed by atoms with Crippen LogP contribution in [0.15, 0.2) is 48.5 Å². The molecule has 3 rings (SSSR count). The van der Waals surface area contributed by atoms with E-state index in [-0.39, 0.29) is 24.1 Å². The average molecular weight is 472 g/mol. The number of halogens is 4. The van der Waals surface area contributed by atoms with Crippen LogP contribution in [0.25, 0.3) is 0 Å². The Morgan fingerprint density at radius 2 is 1.72 bits per heavy atom. The number of nitrogens with one attached hydrogen (secondary N) is 1. The summed E-state index contributed by atoms with van der Waals surface area (Å²) in [5.74, 6) is -0.0472. The number of amides is 1. The van der Waals surface area contributed by atoms with Crippen molar-refractivity contribution in [3.63, 3.8) is 0 Å². The van der Waals surface area contributed by atoms with Gasteiger partial charge in [-0.05, 0) is 42.5 Å². The second-order valence-corrected chi connectivity index (χ2v) is 8.32. The maximum Gasteiger partial charge on any atom is 0.573 e. The van der Waals surface area contributed by atoms with Crippen molar-refractivity contribution in [3.05, 3.63) is 59.7 Å².